The van der Waals surface area contributed by atoms with Crippen molar-refractivity contribution in [3.63, 3.8) is 0 Å². The number of nitrogens with zero attached hydrogens (tertiary/aromatic N) is 2. The number of ether oxygens (including phenoxy) is 2. The van der Waals surface area contributed by atoms with Crippen molar-refractivity contribution in [2.24, 2.45) is 0 Å². The van der Waals surface area contributed by atoms with E-state index < -0.39 is 17.7 Å². The van der Waals surface area contributed by atoms with Gasteiger partial charge in [0.1, 0.15) is 23.0 Å². The number of fused-ring (bicyclic) bond motifs is 1. The number of benzene rings is 4. The molecule has 1 atom stereocenters. The molecule has 0 bridgehead atoms. The average Bonchev–Trinajstić information content (AvgIpc) is 3.51. The molecule has 5 aromatic rings. The Morgan fingerprint density at radius 2 is 1.62 bits per heavy atom. The van der Waals surface area contributed by atoms with Gasteiger partial charge in [0.05, 0.1) is 28.9 Å². The molecule has 1 N–H and O–H groups in total. The molecule has 0 aliphatic carbocycles. The van der Waals surface area contributed by atoms with Crippen LogP contribution in [0, 0.1) is 6.92 Å². The van der Waals surface area contributed by atoms with Crippen LogP contribution in [0.2, 0.25) is 0 Å². The summed E-state index contributed by atoms with van der Waals surface area (Å²) in [4.78, 5) is 33.2. The normalized spacial score (nSPS) is 16.4. The molecule has 0 spiro atoms. The SMILES string of the molecule is COc1ccc2nc(N3C(=O)C(=O)/C(=C(/O)c4ccc(C)cc4)C3c3cccc(Oc4ccccc4)c3)sc2c1. The molecule has 1 aliphatic heterocycles. The number of hydrogen-bond donors (Lipinski definition) is 1. The number of carbonyl (C=O) groups excluding carboxylic acids is 2. The van der Waals surface area contributed by atoms with Crippen molar-refractivity contribution in [1.82, 2.24) is 4.98 Å². The van der Waals surface area contributed by atoms with Gasteiger partial charge in [-0.05, 0) is 55.0 Å². The quantitative estimate of drug-likeness (QED) is 0.139. The predicted molar refractivity (Wildman–Crippen MR) is 155 cm³/mol. The summed E-state index contributed by atoms with van der Waals surface area (Å²) in [7, 11) is 1.58. The topological polar surface area (TPSA) is 89.0 Å². The molecular formula is C32H24N2O5S. The Bertz CT molecular complexity index is 1780. The summed E-state index contributed by atoms with van der Waals surface area (Å²) in [5.74, 6) is 0.0370. The van der Waals surface area contributed by atoms with Gasteiger partial charge in [-0.25, -0.2) is 4.98 Å². The number of aryl methyl sites for hydroxylation is 1. The Morgan fingerprint density at radius 3 is 2.38 bits per heavy atom. The van der Waals surface area contributed by atoms with Crippen LogP contribution in [-0.2, 0) is 9.59 Å². The van der Waals surface area contributed by atoms with E-state index in [0.717, 1.165) is 10.3 Å². The summed E-state index contributed by atoms with van der Waals surface area (Å²) in [6.07, 6.45) is 0. The number of para-hydroxylation sites is 1. The molecule has 0 saturated carbocycles. The van der Waals surface area contributed by atoms with Crippen LogP contribution < -0.4 is 14.4 Å². The van der Waals surface area contributed by atoms with Crippen molar-refractivity contribution in [3.8, 4) is 17.2 Å². The summed E-state index contributed by atoms with van der Waals surface area (Å²) in [5.41, 5.74) is 2.70. The van der Waals surface area contributed by atoms with E-state index in [0.29, 0.717) is 39.0 Å². The van der Waals surface area contributed by atoms with Crippen LogP contribution in [0.1, 0.15) is 22.7 Å². The predicted octanol–water partition coefficient (Wildman–Crippen LogP) is 7.03. The molecule has 1 aromatic heterocycles. The van der Waals surface area contributed by atoms with Crippen molar-refractivity contribution in [2.45, 2.75) is 13.0 Å². The molecule has 0 radical (unpaired) electrons. The molecule has 1 unspecified atom stereocenters. The first kappa shape index (κ1) is 25.3. The van der Waals surface area contributed by atoms with E-state index in [9.17, 15) is 14.7 Å². The minimum atomic E-state index is -0.928. The number of ketones is 1. The maximum atomic E-state index is 13.6. The van der Waals surface area contributed by atoms with Crippen LogP contribution in [0.5, 0.6) is 17.2 Å². The van der Waals surface area contributed by atoms with Crippen LogP contribution >= 0.6 is 11.3 Å². The number of methoxy groups -OCH3 is 1. The minimum absolute atomic E-state index is 0.0115. The molecular weight excluding hydrogens is 524 g/mol. The first-order chi connectivity index (χ1) is 19.4. The van der Waals surface area contributed by atoms with Crippen molar-refractivity contribution in [3.05, 3.63) is 119 Å². The van der Waals surface area contributed by atoms with Gasteiger partial charge in [-0.2, -0.15) is 0 Å². The zero-order valence-corrected chi connectivity index (χ0v) is 22.5. The lowest BCUT2D eigenvalue weighted by molar-refractivity contribution is -0.132. The summed E-state index contributed by atoms with van der Waals surface area (Å²) >= 11 is 1.27. The first-order valence-corrected chi connectivity index (χ1v) is 13.4. The third kappa shape index (κ3) is 4.58. The smallest absolute Gasteiger partial charge is 0.301 e. The number of hydrogen-bond acceptors (Lipinski definition) is 7. The number of aliphatic hydroxyl groups excluding tert-OH is 1. The highest BCUT2D eigenvalue weighted by molar-refractivity contribution is 7.22. The van der Waals surface area contributed by atoms with Crippen molar-refractivity contribution >= 4 is 44.1 Å². The van der Waals surface area contributed by atoms with E-state index in [1.165, 1.54) is 16.2 Å². The fraction of sp³-hybridized carbons (Fsp3) is 0.0938. The van der Waals surface area contributed by atoms with Gasteiger partial charge in [-0.15, -0.1) is 0 Å². The summed E-state index contributed by atoms with van der Waals surface area (Å²) < 4.78 is 12.2. The number of anilines is 1. The van der Waals surface area contributed by atoms with E-state index in [4.69, 9.17) is 9.47 Å². The van der Waals surface area contributed by atoms with Gasteiger partial charge in [-0.3, -0.25) is 14.5 Å². The average molecular weight is 549 g/mol. The standard InChI is InChI=1S/C32H24N2O5S/c1-19-11-13-20(14-12-19)29(35)27-28(21-7-6-10-24(17-21)39-22-8-4-3-5-9-22)34(31(37)30(27)36)32-33-25-16-15-23(38-2)18-26(25)40-32/h3-18,28,35H,1-2H3/b29-27+. The number of carbonyl (C=O) groups is 2. The van der Waals surface area contributed by atoms with Crippen molar-refractivity contribution in [1.29, 1.82) is 0 Å². The molecule has 1 fully saturated rings. The van der Waals surface area contributed by atoms with E-state index in [1.807, 2.05) is 55.5 Å². The molecule has 4 aromatic carbocycles. The molecule has 2 heterocycles. The molecule has 1 saturated heterocycles. The van der Waals surface area contributed by atoms with E-state index in [1.54, 1.807) is 55.6 Å². The van der Waals surface area contributed by atoms with Crippen LogP contribution in [0.15, 0.2) is 103 Å². The third-order valence-corrected chi connectivity index (χ3v) is 7.73. The summed E-state index contributed by atoms with van der Waals surface area (Å²) in [5, 5.41) is 11.8. The lowest BCUT2D eigenvalue weighted by atomic mass is 9.95. The Hall–Kier alpha value is -4.95. The highest BCUT2D eigenvalue weighted by Crippen LogP contribution is 2.45. The first-order valence-electron chi connectivity index (χ1n) is 12.6. The number of rotatable bonds is 6. The number of thiazole rings is 1. The van der Waals surface area contributed by atoms with Crippen LogP contribution in [0.4, 0.5) is 5.13 Å². The van der Waals surface area contributed by atoms with Gasteiger partial charge in [0.15, 0.2) is 5.13 Å². The zero-order chi connectivity index (χ0) is 27.8. The fourth-order valence-electron chi connectivity index (χ4n) is 4.71. The second-order valence-electron chi connectivity index (χ2n) is 9.35. The highest BCUT2D eigenvalue weighted by atomic mass is 32.1. The highest BCUT2D eigenvalue weighted by Gasteiger charge is 2.48. The molecule has 8 heteroatoms. The number of Topliss-reactive ketones (excluding diaryl/α,β-unsaturated/α-hetero) is 1. The van der Waals surface area contributed by atoms with E-state index in [2.05, 4.69) is 4.98 Å². The Labute approximate surface area is 234 Å². The molecule has 1 amide bonds. The number of aromatic nitrogens is 1. The molecule has 7 nitrogen and oxygen atoms in total. The Morgan fingerprint density at radius 1 is 0.875 bits per heavy atom. The number of aliphatic hydroxyl groups is 1. The van der Waals surface area contributed by atoms with Gasteiger partial charge >= 0.3 is 5.91 Å². The lowest BCUT2D eigenvalue weighted by Gasteiger charge is -2.23. The summed E-state index contributed by atoms with van der Waals surface area (Å²) in [6, 6.07) is 28.1. The molecule has 198 valence electrons. The monoisotopic (exact) mass is 548 g/mol. The maximum Gasteiger partial charge on any atom is 0.301 e. The van der Waals surface area contributed by atoms with Crippen molar-refractivity contribution in [2.75, 3.05) is 12.0 Å². The van der Waals surface area contributed by atoms with Gasteiger partial charge in [0.2, 0.25) is 0 Å². The van der Waals surface area contributed by atoms with Gasteiger partial charge in [0.25, 0.3) is 5.78 Å². The fourth-order valence-corrected chi connectivity index (χ4v) is 5.73. The van der Waals surface area contributed by atoms with Crippen LogP contribution in [0.3, 0.4) is 0 Å². The van der Waals surface area contributed by atoms with Crippen molar-refractivity contribution < 1.29 is 24.2 Å². The minimum Gasteiger partial charge on any atom is -0.507 e. The Balaban J connectivity index is 1.51. The second kappa shape index (κ2) is 10.3. The van der Waals surface area contributed by atoms with E-state index >= 15 is 0 Å². The van der Waals surface area contributed by atoms with Crippen LogP contribution in [-0.4, -0.2) is 28.9 Å². The molecule has 1 aliphatic rings. The Kier molecular flexibility index (Phi) is 6.53. The third-order valence-electron chi connectivity index (χ3n) is 6.71. The maximum absolute atomic E-state index is 13.6. The molecule has 40 heavy (non-hydrogen) atoms. The molecule has 6 rings (SSSR count). The van der Waals surface area contributed by atoms with Gasteiger partial charge in [-0.1, -0.05) is 71.5 Å². The number of amides is 1. The lowest BCUT2D eigenvalue weighted by Crippen LogP contribution is -2.29. The van der Waals surface area contributed by atoms with Crippen LogP contribution in [0.25, 0.3) is 16.0 Å². The largest absolute Gasteiger partial charge is 0.507 e. The van der Waals surface area contributed by atoms with Gasteiger partial charge in [0, 0.05) is 5.56 Å². The second-order valence-corrected chi connectivity index (χ2v) is 10.4. The summed E-state index contributed by atoms with van der Waals surface area (Å²) in [6.45, 7) is 1.93. The van der Waals surface area contributed by atoms with E-state index in [-0.39, 0.29) is 11.3 Å². The zero-order valence-electron chi connectivity index (χ0n) is 21.7. The van der Waals surface area contributed by atoms with Gasteiger partial charge < -0.3 is 14.6 Å².